The zero-order valence-electron chi connectivity index (χ0n) is 12.1. The van der Waals surface area contributed by atoms with Gasteiger partial charge in [-0.05, 0) is 21.9 Å². The van der Waals surface area contributed by atoms with Crippen LogP contribution in [0, 0.1) is 0 Å². The van der Waals surface area contributed by atoms with Gasteiger partial charge in [0.25, 0.3) is 0 Å². The summed E-state index contributed by atoms with van der Waals surface area (Å²) in [5.41, 5.74) is 0.719. The van der Waals surface area contributed by atoms with Crippen LogP contribution in [0.1, 0.15) is 6.92 Å². The maximum Gasteiger partial charge on any atom is 0.194 e. The van der Waals surface area contributed by atoms with E-state index in [1.807, 2.05) is 43.3 Å². The summed E-state index contributed by atoms with van der Waals surface area (Å²) in [7, 11) is 0. The highest BCUT2D eigenvalue weighted by atomic mass is 32.2. The van der Waals surface area contributed by atoms with E-state index in [1.165, 1.54) is 0 Å². The van der Waals surface area contributed by atoms with E-state index in [0.29, 0.717) is 16.1 Å². The molecule has 0 saturated carbocycles. The molecular weight excluding hydrogens is 292 g/mol. The standard InChI is InChI=1S/C19H14O2S/c1-2-22-17-11-16(20)18-14-9-5-3-7-12(14)13-8-4-6-10-15(13)19(18)21-17/h3-11H,2H2,1H3. The van der Waals surface area contributed by atoms with Gasteiger partial charge in [-0.1, -0.05) is 67.2 Å². The zero-order chi connectivity index (χ0) is 15.1. The average molecular weight is 306 g/mol. The molecule has 2 nitrogen and oxygen atoms in total. The second kappa shape index (κ2) is 5.18. The van der Waals surface area contributed by atoms with Gasteiger partial charge in [0.2, 0.25) is 0 Å². The van der Waals surface area contributed by atoms with Crippen LogP contribution in [0.5, 0.6) is 0 Å². The fraction of sp³-hybridized carbons (Fsp3) is 0.105. The molecule has 3 aromatic carbocycles. The summed E-state index contributed by atoms with van der Waals surface area (Å²) in [5.74, 6) is 0.875. The van der Waals surface area contributed by atoms with Crippen molar-refractivity contribution >= 4 is 44.3 Å². The smallest absolute Gasteiger partial charge is 0.194 e. The van der Waals surface area contributed by atoms with E-state index < -0.39 is 0 Å². The summed E-state index contributed by atoms with van der Waals surface area (Å²) in [6.45, 7) is 2.05. The third-order valence-electron chi connectivity index (χ3n) is 3.87. The molecule has 0 unspecified atom stereocenters. The summed E-state index contributed by atoms with van der Waals surface area (Å²) in [5, 5.41) is 5.52. The first-order valence-electron chi connectivity index (χ1n) is 7.29. The molecule has 0 bridgehead atoms. The molecule has 0 saturated heterocycles. The van der Waals surface area contributed by atoms with E-state index in [2.05, 4.69) is 12.1 Å². The Hall–Kier alpha value is -2.26. The van der Waals surface area contributed by atoms with E-state index in [9.17, 15) is 4.79 Å². The Morgan fingerprint density at radius 3 is 2.18 bits per heavy atom. The Labute approximate surface area is 131 Å². The number of rotatable bonds is 2. The summed E-state index contributed by atoms with van der Waals surface area (Å²) >= 11 is 1.55. The molecule has 0 aliphatic carbocycles. The molecule has 1 aromatic heterocycles. The van der Waals surface area contributed by atoms with Crippen LogP contribution in [0.4, 0.5) is 0 Å². The molecule has 1 heterocycles. The second-order valence-electron chi connectivity index (χ2n) is 5.16. The summed E-state index contributed by atoms with van der Waals surface area (Å²) in [6.07, 6.45) is 0. The highest BCUT2D eigenvalue weighted by Gasteiger charge is 2.13. The van der Waals surface area contributed by atoms with Gasteiger partial charge in [0, 0.05) is 11.5 Å². The first kappa shape index (κ1) is 13.4. The van der Waals surface area contributed by atoms with Crippen molar-refractivity contribution in [3.63, 3.8) is 0 Å². The largest absolute Gasteiger partial charge is 0.449 e. The van der Waals surface area contributed by atoms with Crippen LogP contribution in [0.2, 0.25) is 0 Å². The number of fused-ring (bicyclic) bond motifs is 6. The Kier molecular flexibility index (Phi) is 3.16. The third-order valence-corrected chi connectivity index (χ3v) is 4.64. The van der Waals surface area contributed by atoms with Gasteiger partial charge in [-0.3, -0.25) is 4.79 Å². The van der Waals surface area contributed by atoms with E-state index in [1.54, 1.807) is 17.8 Å². The number of thioether (sulfide) groups is 1. The minimum atomic E-state index is 0.0270. The first-order chi connectivity index (χ1) is 10.8. The monoisotopic (exact) mass is 306 g/mol. The lowest BCUT2D eigenvalue weighted by atomic mass is 9.98. The highest BCUT2D eigenvalue weighted by Crippen LogP contribution is 2.34. The topological polar surface area (TPSA) is 30.2 Å². The van der Waals surface area contributed by atoms with Crippen LogP contribution < -0.4 is 5.43 Å². The van der Waals surface area contributed by atoms with Gasteiger partial charge in [0.05, 0.1) is 5.39 Å². The van der Waals surface area contributed by atoms with E-state index in [4.69, 9.17) is 4.42 Å². The lowest BCUT2D eigenvalue weighted by Crippen LogP contribution is -2.01. The molecule has 0 atom stereocenters. The minimum Gasteiger partial charge on any atom is -0.449 e. The molecule has 22 heavy (non-hydrogen) atoms. The SMILES string of the molecule is CCSc1cc(=O)c2c3ccccc3c3ccccc3c2o1. The molecule has 0 fully saturated rings. The number of hydrogen-bond donors (Lipinski definition) is 0. The predicted octanol–water partition coefficient (Wildman–Crippen LogP) is 5.21. The van der Waals surface area contributed by atoms with Crippen molar-refractivity contribution in [1.82, 2.24) is 0 Å². The Bertz CT molecular complexity index is 1060. The zero-order valence-corrected chi connectivity index (χ0v) is 12.9. The van der Waals surface area contributed by atoms with E-state index in [0.717, 1.165) is 27.3 Å². The van der Waals surface area contributed by atoms with Crippen molar-refractivity contribution in [3.05, 3.63) is 64.8 Å². The van der Waals surface area contributed by atoms with Gasteiger partial charge in [0.1, 0.15) is 5.58 Å². The first-order valence-corrected chi connectivity index (χ1v) is 8.28. The van der Waals surface area contributed by atoms with Gasteiger partial charge < -0.3 is 4.42 Å². The van der Waals surface area contributed by atoms with Crippen LogP contribution in [-0.2, 0) is 0 Å². The number of hydrogen-bond acceptors (Lipinski definition) is 3. The van der Waals surface area contributed by atoms with Crippen molar-refractivity contribution < 1.29 is 4.42 Å². The van der Waals surface area contributed by atoms with Crippen molar-refractivity contribution in [2.45, 2.75) is 12.0 Å². The fourth-order valence-corrected chi connectivity index (χ4v) is 3.60. The van der Waals surface area contributed by atoms with Gasteiger partial charge in [0.15, 0.2) is 10.5 Å². The molecule has 0 amide bonds. The van der Waals surface area contributed by atoms with Crippen molar-refractivity contribution in [1.29, 1.82) is 0 Å². The molecule has 4 aromatic rings. The lowest BCUT2D eigenvalue weighted by Gasteiger charge is -2.09. The summed E-state index contributed by atoms with van der Waals surface area (Å²) < 4.78 is 6.07. The lowest BCUT2D eigenvalue weighted by molar-refractivity contribution is 0.503. The van der Waals surface area contributed by atoms with Crippen molar-refractivity contribution in [3.8, 4) is 0 Å². The quantitative estimate of drug-likeness (QED) is 0.376. The molecule has 0 radical (unpaired) electrons. The predicted molar refractivity (Wildman–Crippen MR) is 93.9 cm³/mol. The third kappa shape index (κ3) is 1.93. The van der Waals surface area contributed by atoms with Crippen LogP contribution in [0.25, 0.3) is 32.5 Å². The van der Waals surface area contributed by atoms with E-state index >= 15 is 0 Å². The molecular formula is C19H14O2S. The van der Waals surface area contributed by atoms with Gasteiger partial charge in [-0.15, -0.1) is 0 Å². The fourth-order valence-electron chi connectivity index (χ4n) is 2.98. The Balaban J connectivity index is 2.32. The highest BCUT2D eigenvalue weighted by molar-refractivity contribution is 7.99. The average Bonchev–Trinajstić information content (AvgIpc) is 2.55. The summed E-state index contributed by atoms with van der Waals surface area (Å²) in [6, 6.07) is 17.7. The van der Waals surface area contributed by atoms with Gasteiger partial charge in [-0.2, -0.15) is 0 Å². The van der Waals surface area contributed by atoms with Gasteiger partial charge in [-0.25, -0.2) is 0 Å². The molecule has 0 aliphatic heterocycles. The van der Waals surface area contributed by atoms with Gasteiger partial charge >= 0.3 is 0 Å². The minimum absolute atomic E-state index is 0.0270. The Morgan fingerprint density at radius 1 is 0.909 bits per heavy atom. The van der Waals surface area contributed by atoms with E-state index in [-0.39, 0.29) is 5.43 Å². The molecule has 0 N–H and O–H groups in total. The molecule has 0 spiro atoms. The van der Waals surface area contributed by atoms with Crippen LogP contribution in [0.3, 0.4) is 0 Å². The molecule has 0 aliphatic rings. The normalized spacial score (nSPS) is 11.5. The summed E-state index contributed by atoms with van der Waals surface area (Å²) in [4.78, 5) is 12.7. The van der Waals surface area contributed by atoms with Crippen LogP contribution >= 0.6 is 11.8 Å². The van der Waals surface area contributed by atoms with Crippen LogP contribution in [-0.4, -0.2) is 5.75 Å². The van der Waals surface area contributed by atoms with Crippen LogP contribution in [0.15, 0.2) is 68.9 Å². The molecule has 3 heteroatoms. The Morgan fingerprint density at radius 2 is 1.50 bits per heavy atom. The molecule has 4 rings (SSSR count). The number of benzene rings is 3. The van der Waals surface area contributed by atoms with Crippen molar-refractivity contribution in [2.24, 2.45) is 0 Å². The van der Waals surface area contributed by atoms with Crippen molar-refractivity contribution in [2.75, 3.05) is 5.75 Å². The molecule has 108 valence electrons. The second-order valence-corrected chi connectivity index (χ2v) is 6.43. The maximum absolute atomic E-state index is 12.7. The maximum atomic E-state index is 12.7.